The molecule has 2 heterocycles. The fourth-order valence-corrected chi connectivity index (χ4v) is 2.73. The number of aryl methyl sites for hydroxylation is 1. The van der Waals surface area contributed by atoms with E-state index in [1.165, 1.54) is 24.8 Å². The zero-order valence-corrected chi connectivity index (χ0v) is 12.7. The first-order valence-electron chi connectivity index (χ1n) is 7.54. The highest BCUT2D eigenvalue weighted by atomic mass is 15.2. The van der Waals surface area contributed by atoms with Gasteiger partial charge in [-0.15, -0.1) is 0 Å². The van der Waals surface area contributed by atoms with Crippen LogP contribution in [-0.4, -0.2) is 23.6 Å². The Morgan fingerprint density at radius 2 is 2.16 bits per heavy atom. The molecule has 1 aromatic heterocycles. The van der Waals surface area contributed by atoms with E-state index in [0.717, 1.165) is 24.6 Å². The van der Waals surface area contributed by atoms with Crippen LogP contribution in [0.1, 0.15) is 51.3 Å². The quantitative estimate of drug-likeness (QED) is 0.901. The third kappa shape index (κ3) is 3.93. The van der Waals surface area contributed by atoms with Gasteiger partial charge in [-0.25, -0.2) is 4.98 Å². The number of aromatic nitrogens is 1. The molecule has 0 aromatic carbocycles. The van der Waals surface area contributed by atoms with Crippen molar-refractivity contribution in [3.63, 3.8) is 0 Å². The van der Waals surface area contributed by atoms with Gasteiger partial charge in [-0.1, -0.05) is 13.8 Å². The van der Waals surface area contributed by atoms with Gasteiger partial charge in [0.1, 0.15) is 5.82 Å². The van der Waals surface area contributed by atoms with Crippen LogP contribution < -0.4 is 10.2 Å². The molecule has 1 saturated heterocycles. The molecule has 2 rings (SSSR count). The molecule has 3 nitrogen and oxygen atoms in total. The molecule has 0 spiro atoms. The summed E-state index contributed by atoms with van der Waals surface area (Å²) >= 11 is 0. The monoisotopic (exact) mass is 261 g/mol. The lowest BCUT2D eigenvalue weighted by Gasteiger charge is -2.34. The van der Waals surface area contributed by atoms with Crippen molar-refractivity contribution in [3.8, 4) is 0 Å². The fraction of sp³-hybridized carbons (Fsp3) is 0.688. The summed E-state index contributed by atoms with van der Waals surface area (Å²) in [5, 5.41) is 3.48. The van der Waals surface area contributed by atoms with Crippen LogP contribution in [0.3, 0.4) is 0 Å². The number of pyridine rings is 1. The van der Waals surface area contributed by atoms with Gasteiger partial charge in [0.15, 0.2) is 0 Å². The molecule has 0 saturated carbocycles. The van der Waals surface area contributed by atoms with E-state index in [4.69, 9.17) is 4.98 Å². The van der Waals surface area contributed by atoms with Crippen molar-refractivity contribution in [1.82, 2.24) is 10.3 Å². The molecular formula is C16H27N3. The number of hydrogen-bond acceptors (Lipinski definition) is 3. The number of nitrogens with one attached hydrogen (secondary N) is 1. The number of piperidine rings is 1. The summed E-state index contributed by atoms with van der Waals surface area (Å²) in [6, 6.07) is 5.58. The SMILES string of the molecule is Cc1cc(CNC(C)C)cc(N2CCCCC2C)n1. The molecule has 1 aliphatic rings. The standard InChI is InChI=1S/C16H27N3/c1-12(2)17-11-15-9-13(3)18-16(10-15)19-8-6-5-7-14(19)4/h9-10,12,14,17H,5-8,11H2,1-4H3. The highest BCUT2D eigenvalue weighted by molar-refractivity contribution is 5.44. The Hall–Kier alpha value is -1.09. The van der Waals surface area contributed by atoms with Crippen molar-refractivity contribution < 1.29 is 0 Å². The Morgan fingerprint density at radius 3 is 2.84 bits per heavy atom. The molecular weight excluding hydrogens is 234 g/mol. The summed E-state index contributed by atoms with van der Waals surface area (Å²) in [5.41, 5.74) is 2.46. The van der Waals surface area contributed by atoms with Crippen LogP contribution in [0, 0.1) is 6.92 Å². The lowest BCUT2D eigenvalue weighted by molar-refractivity contribution is 0.480. The molecule has 3 heteroatoms. The van der Waals surface area contributed by atoms with Crippen molar-refractivity contribution in [3.05, 3.63) is 23.4 Å². The molecule has 1 unspecified atom stereocenters. The first kappa shape index (κ1) is 14.3. The van der Waals surface area contributed by atoms with E-state index in [1.54, 1.807) is 0 Å². The van der Waals surface area contributed by atoms with Crippen LogP contribution >= 0.6 is 0 Å². The van der Waals surface area contributed by atoms with Crippen LogP contribution in [0.25, 0.3) is 0 Å². The van der Waals surface area contributed by atoms with Crippen LogP contribution in [0.15, 0.2) is 12.1 Å². The zero-order chi connectivity index (χ0) is 13.8. The van der Waals surface area contributed by atoms with Gasteiger partial charge in [0.25, 0.3) is 0 Å². The van der Waals surface area contributed by atoms with Gasteiger partial charge < -0.3 is 10.2 Å². The van der Waals surface area contributed by atoms with Gasteiger partial charge in [0.2, 0.25) is 0 Å². The predicted molar refractivity (Wildman–Crippen MR) is 81.6 cm³/mol. The molecule has 1 N–H and O–H groups in total. The van der Waals surface area contributed by atoms with Gasteiger partial charge in [-0.2, -0.15) is 0 Å². The Bertz CT molecular complexity index is 414. The average molecular weight is 261 g/mol. The van der Waals surface area contributed by atoms with Gasteiger partial charge in [-0.3, -0.25) is 0 Å². The number of nitrogens with zero attached hydrogens (tertiary/aromatic N) is 2. The van der Waals surface area contributed by atoms with E-state index in [-0.39, 0.29) is 0 Å². The second kappa shape index (κ2) is 6.38. The van der Waals surface area contributed by atoms with Crippen molar-refractivity contribution in [2.75, 3.05) is 11.4 Å². The number of anilines is 1. The molecule has 0 amide bonds. The first-order chi connectivity index (χ1) is 9.06. The Morgan fingerprint density at radius 1 is 1.37 bits per heavy atom. The number of hydrogen-bond donors (Lipinski definition) is 1. The van der Waals surface area contributed by atoms with Crippen LogP contribution in [0.5, 0.6) is 0 Å². The van der Waals surface area contributed by atoms with Crippen molar-refractivity contribution >= 4 is 5.82 Å². The zero-order valence-electron chi connectivity index (χ0n) is 12.7. The second-order valence-corrected chi connectivity index (χ2v) is 6.05. The van der Waals surface area contributed by atoms with E-state index >= 15 is 0 Å². The third-order valence-electron chi connectivity index (χ3n) is 3.81. The Kier molecular flexibility index (Phi) is 4.81. The molecule has 1 aliphatic heterocycles. The lowest BCUT2D eigenvalue weighted by Crippen LogP contribution is -2.38. The smallest absolute Gasteiger partial charge is 0.129 e. The second-order valence-electron chi connectivity index (χ2n) is 6.05. The molecule has 19 heavy (non-hydrogen) atoms. The molecule has 0 bridgehead atoms. The fourth-order valence-electron chi connectivity index (χ4n) is 2.73. The highest BCUT2D eigenvalue weighted by Crippen LogP contribution is 2.24. The van der Waals surface area contributed by atoms with E-state index in [0.29, 0.717) is 12.1 Å². The summed E-state index contributed by atoms with van der Waals surface area (Å²) in [6.45, 7) is 10.8. The van der Waals surface area contributed by atoms with E-state index in [1.807, 2.05) is 0 Å². The average Bonchev–Trinajstić information content (AvgIpc) is 2.36. The van der Waals surface area contributed by atoms with Gasteiger partial charge in [0.05, 0.1) is 0 Å². The van der Waals surface area contributed by atoms with Crippen LogP contribution in [-0.2, 0) is 6.54 Å². The van der Waals surface area contributed by atoms with Gasteiger partial charge in [-0.05, 0) is 50.8 Å². The molecule has 0 aliphatic carbocycles. The minimum atomic E-state index is 0.519. The van der Waals surface area contributed by atoms with Crippen LogP contribution in [0.4, 0.5) is 5.82 Å². The molecule has 106 valence electrons. The first-order valence-corrected chi connectivity index (χ1v) is 7.54. The minimum Gasteiger partial charge on any atom is -0.354 e. The van der Waals surface area contributed by atoms with E-state index in [2.05, 4.69) is 50.0 Å². The topological polar surface area (TPSA) is 28.2 Å². The summed E-state index contributed by atoms with van der Waals surface area (Å²) < 4.78 is 0. The largest absolute Gasteiger partial charge is 0.354 e. The predicted octanol–water partition coefficient (Wildman–Crippen LogP) is 3.27. The van der Waals surface area contributed by atoms with Crippen molar-refractivity contribution in [1.29, 1.82) is 0 Å². The summed E-state index contributed by atoms with van der Waals surface area (Å²) in [7, 11) is 0. The lowest BCUT2D eigenvalue weighted by atomic mass is 10.0. The number of rotatable bonds is 4. The van der Waals surface area contributed by atoms with E-state index < -0.39 is 0 Å². The van der Waals surface area contributed by atoms with Gasteiger partial charge in [0, 0.05) is 30.9 Å². The maximum atomic E-state index is 4.73. The van der Waals surface area contributed by atoms with E-state index in [9.17, 15) is 0 Å². The van der Waals surface area contributed by atoms with Gasteiger partial charge >= 0.3 is 0 Å². The van der Waals surface area contributed by atoms with Crippen LogP contribution in [0.2, 0.25) is 0 Å². The summed E-state index contributed by atoms with van der Waals surface area (Å²) in [6.07, 6.45) is 3.93. The molecule has 1 fully saturated rings. The maximum Gasteiger partial charge on any atom is 0.129 e. The minimum absolute atomic E-state index is 0.519. The summed E-state index contributed by atoms with van der Waals surface area (Å²) in [5.74, 6) is 1.16. The Labute approximate surface area is 117 Å². The van der Waals surface area contributed by atoms with Crippen molar-refractivity contribution in [2.45, 2.75) is 65.6 Å². The van der Waals surface area contributed by atoms with Crippen molar-refractivity contribution in [2.24, 2.45) is 0 Å². The highest BCUT2D eigenvalue weighted by Gasteiger charge is 2.20. The molecule has 1 aromatic rings. The third-order valence-corrected chi connectivity index (χ3v) is 3.81. The maximum absolute atomic E-state index is 4.73. The molecule has 0 radical (unpaired) electrons. The summed E-state index contributed by atoms with van der Waals surface area (Å²) in [4.78, 5) is 7.20. The normalized spacial score (nSPS) is 20.1. The molecule has 1 atom stereocenters. The Balaban J connectivity index is 2.15.